The van der Waals surface area contributed by atoms with E-state index in [0.717, 1.165) is 41.8 Å². The lowest BCUT2D eigenvalue weighted by molar-refractivity contribution is 0.0901. The third-order valence-electron chi connectivity index (χ3n) is 6.12. The summed E-state index contributed by atoms with van der Waals surface area (Å²) in [7, 11) is -1.87. The van der Waals surface area contributed by atoms with Gasteiger partial charge in [-0.2, -0.15) is 0 Å². The third-order valence-corrected chi connectivity index (χ3v) is 10.5. The molecule has 0 fully saturated rings. The second-order valence-corrected chi connectivity index (χ2v) is 14.0. The van der Waals surface area contributed by atoms with Gasteiger partial charge in [0.05, 0.1) is 0 Å². The zero-order chi connectivity index (χ0) is 19.8. The fourth-order valence-corrected chi connectivity index (χ4v) is 4.36. The van der Waals surface area contributed by atoms with Gasteiger partial charge < -0.3 is 10.2 Å². The van der Waals surface area contributed by atoms with Crippen molar-refractivity contribution in [2.45, 2.75) is 58.2 Å². The number of ketones is 1. The molecule has 0 aliphatic heterocycles. The maximum absolute atomic E-state index is 13.0. The van der Waals surface area contributed by atoms with Crippen molar-refractivity contribution in [3.63, 3.8) is 0 Å². The van der Waals surface area contributed by atoms with Crippen molar-refractivity contribution < 1.29 is 9.22 Å². The number of carbonyl (C=O) groups excluding carboxylic acids is 1. The molecule has 0 spiro atoms. The van der Waals surface area contributed by atoms with Gasteiger partial charge in [-0.3, -0.25) is 4.79 Å². The van der Waals surface area contributed by atoms with Gasteiger partial charge in [-0.1, -0.05) is 32.9 Å². The number of Topliss-reactive ketones (excluding diaryl/α,β-unsaturated/α-hetero) is 1. The van der Waals surface area contributed by atoms with Crippen LogP contribution in [-0.4, -0.2) is 14.1 Å². The first kappa shape index (κ1) is 19.7. The molecular formula is C23H31NO2Si. The molecule has 1 atom stereocenters. The van der Waals surface area contributed by atoms with Gasteiger partial charge in [0.15, 0.2) is 5.78 Å². The van der Waals surface area contributed by atoms with Crippen LogP contribution in [0.5, 0.6) is 5.75 Å². The zero-order valence-corrected chi connectivity index (χ0v) is 18.1. The first-order valence-electron chi connectivity index (χ1n) is 9.77. The highest BCUT2D eigenvalue weighted by Gasteiger charge is 2.39. The average Bonchev–Trinajstić information content (AvgIpc) is 2.58. The molecule has 3 rings (SSSR count). The summed E-state index contributed by atoms with van der Waals surface area (Å²) in [4.78, 5) is 13.0. The predicted molar refractivity (Wildman–Crippen MR) is 115 cm³/mol. The van der Waals surface area contributed by atoms with E-state index in [2.05, 4.69) is 39.9 Å². The first-order chi connectivity index (χ1) is 12.6. The van der Waals surface area contributed by atoms with E-state index in [0.29, 0.717) is 0 Å². The van der Waals surface area contributed by atoms with Crippen LogP contribution >= 0.6 is 0 Å². The minimum absolute atomic E-state index is 0.0493. The molecule has 2 aromatic carbocycles. The highest BCUT2D eigenvalue weighted by molar-refractivity contribution is 6.74. The van der Waals surface area contributed by atoms with Crippen molar-refractivity contribution in [3.8, 4) is 5.75 Å². The van der Waals surface area contributed by atoms with Crippen molar-refractivity contribution in [2.24, 2.45) is 5.92 Å². The molecule has 4 heteroatoms. The van der Waals surface area contributed by atoms with E-state index in [-0.39, 0.29) is 16.7 Å². The monoisotopic (exact) mass is 381 g/mol. The predicted octanol–water partition coefficient (Wildman–Crippen LogP) is 5.64. The van der Waals surface area contributed by atoms with E-state index in [1.165, 1.54) is 5.56 Å². The third kappa shape index (κ3) is 4.27. The topological polar surface area (TPSA) is 52.3 Å². The number of nitrogen functional groups attached to an aromatic ring is 1. The van der Waals surface area contributed by atoms with Gasteiger partial charge in [0.25, 0.3) is 0 Å². The lowest BCUT2D eigenvalue weighted by atomic mass is 9.79. The van der Waals surface area contributed by atoms with E-state index >= 15 is 0 Å². The van der Waals surface area contributed by atoms with Crippen molar-refractivity contribution in [1.29, 1.82) is 0 Å². The Bertz CT molecular complexity index is 834. The average molecular weight is 382 g/mol. The summed E-state index contributed by atoms with van der Waals surface area (Å²) >= 11 is 0. The summed E-state index contributed by atoms with van der Waals surface area (Å²) in [5.41, 5.74) is 9.68. The van der Waals surface area contributed by atoms with Crippen LogP contribution in [0.1, 0.15) is 48.7 Å². The molecule has 0 radical (unpaired) electrons. The molecule has 0 saturated heterocycles. The zero-order valence-electron chi connectivity index (χ0n) is 17.1. The maximum atomic E-state index is 13.0. The number of benzene rings is 2. The van der Waals surface area contributed by atoms with Crippen LogP contribution in [0, 0.1) is 5.92 Å². The highest BCUT2D eigenvalue weighted by Crippen LogP contribution is 2.38. The summed E-state index contributed by atoms with van der Waals surface area (Å²) in [6, 6.07) is 13.9. The first-order valence-corrected chi connectivity index (χ1v) is 12.7. The smallest absolute Gasteiger partial charge is 0.250 e. The van der Waals surface area contributed by atoms with Gasteiger partial charge in [-0.15, -0.1) is 0 Å². The van der Waals surface area contributed by atoms with Gasteiger partial charge in [-0.25, -0.2) is 0 Å². The van der Waals surface area contributed by atoms with Crippen LogP contribution in [0.25, 0.3) is 0 Å². The largest absolute Gasteiger partial charge is 0.543 e. The Morgan fingerprint density at radius 1 is 1.11 bits per heavy atom. The molecule has 3 nitrogen and oxygen atoms in total. The molecule has 0 aromatic heterocycles. The summed E-state index contributed by atoms with van der Waals surface area (Å²) < 4.78 is 6.42. The summed E-state index contributed by atoms with van der Waals surface area (Å²) in [6.45, 7) is 11.2. The Balaban J connectivity index is 1.76. The minimum Gasteiger partial charge on any atom is -0.543 e. The quantitative estimate of drug-likeness (QED) is 0.551. The van der Waals surface area contributed by atoms with Crippen molar-refractivity contribution in [2.75, 3.05) is 5.73 Å². The van der Waals surface area contributed by atoms with Gasteiger partial charge >= 0.3 is 0 Å². The van der Waals surface area contributed by atoms with Gasteiger partial charge in [-0.05, 0) is 78.9 Å². The van der Waals surface area contributed by atoms with Gasteiger partial charge in [0.1, 0.15) is 5.75 Å². The van der Waals surface area contributed by atoms with Crippen molar-refractivity contribution in [1.82, 2.24) is 0 Å². The van der Waals surface area contributed by atoms with E-state index in [4.69, 9.17) is 10.2 Å². The molecule has 27 heavy (non-hydrogen) atoms. The SMILES string of the molecule is CC(C)(C)[Si](C)(C)Oc1ccc2c(c1)CCC(Cc1ccc(N)cc1)C2=O. The molecule has 0 saturated carbocycles. The molecule has 1 aliphatic carbocycles. The molecule has 2 aromatic rings. The molecule has 0 heterocycles. The minimum atomic E-state index is -1.87. The number of fused-ring (bicyclic) bond motifs is 1. The fourth-order valence-electron chi connectivity index (χ4n) is 3.34. The fraction of sp³-hybridized carbons (Fsp3) is 0.435. The van der Waals surface area contributed by atoms with Crippen LogP contribution in [0.15, 0.2) is 42.5 Å². The Kier molecular flexibility index (Phi) is 5.22. The van der Waals surface area contributed by atoms with E-state index in [1.807, 2.05) is 36.4 Å². The molecule has 0 amide bonds. The number of nitrogens with two attached hydrogens (primary N) is 1. The summed E-state index contributed by atoms with van der Waals surface area (Å²) in [6.07, 6.45) is 2.59. The highest BCUT2D eigenvalue weighted by atomic mass is 28.4. The van der Waals surface area contributed by atoms with Crippen LogP contribution in [0.3, 0.4) is 0 Å². The van der Waals surface area contributed by atoms with Crippen molar-refractivity contribution >= 4 is 19.8 Å². The van der Waals surface area contributed by atoms with Gasteiger partial charge in [0.2, 0.25) is 8.32 Å². The Hall–Kier alpha value is -2.07. The molecule has 1 aliphatic rings. The van der Waals surface area contributed by atoms with Crippen LogP contribution in [0.2, 0.25) is 18.1 Å². The normalized spacial score (nSPS) is 17.5. The Morgan fingerprint density at radius 2 is 1.78 bits per heavy atom. The molecular weight excluding hydrogens is 350 g/mol. The second kappa shape index (κ2) is 7.15. The number of carbonyl (C=O) groups is 1. The lowest BCUT2D eigenvalue weighted by Gasteiger charge is -2.36. The maximum Gasteiger partial charge on any atom is 0.250 e. The summed E-state index contributed by atoms with van der Waals surface area (Å²) in [5, 5.41) is 0.156. The van der Waals surface area contributed by atoms with Crippen LogP contribution < -0.4 is 10.2 Å². The second-order valence-electron chi connectivity index (χ2n) is 9.23. The Morgan fingerprint density at radius 3 is 2.41 bits per heavy atom. The lowest BCUT2D eigenvalue weighted by Crippen LogP contribution is -2.43. The van der Waals surface area contributed by atoms with Crippen LogP contribution in [0.4, 0.5) is 5.69 Å². The molecule has 144 valence electrons. The molecule has 0 bridgehead atoms. The summed E-state index contributed by atoms with van der Waals surface area (Å²) in [5.74, 6) is 1.21. The van der Waals surface area contributed by atoms with E-state index in [1.54, 1.807) is 0 Å². The number of hydrogen-bond donors (Lipinski definition) is 1. The Labute approximate surface area is 164 Å². The van der Waals surface area contributed by atoms with Crippen molar-refractivity contribution in [3.05, 3.63) is 59.2 Å². The van der Waals surface area contributed by atoms with Crippen LogP contribution in [-0.2, 0) is 12.8 Å². The van der Waals surface area contributed by atoms with E-state index in [9.17, 15) is 4.79 Å². The standard InChI is InChI=1S/C23H31NO2Si/c1-23(2,3)27(4,5)26-20-12-13-21-17(15-20)8-9-18(22(21)25)14-16-6-10-19(24)11-7-16/h6-7,10-13,15,18H,8-9,14,24H2,1-5H3. The number of rotatable bonds is 4. The van der Waals surface area contributed by atoms with E-state index < -0.39 is 8.32 Å². The number of anilines is 1. The number of aryl methyl sites for hydroxylation is 1. The number of hydrogen-bond acceptors (Lipinski definition) is 3. The molecule has 1 unspecified atom stereocenters. The van der Waals surface area contributed by atoms with Gasteiger partial charge in [0, 0.05) is 17.2 Å². The molecule has 2 N–H and O–H groups in total.